The van der Waals surface area contributed by atoms with Crippen molar-refractivity contribution in [2.45, 2.75) is 25.7 Å². The van der Waals surface area contributed by atoms with Gasteiger partial charge in [0.1, 0.15) is 0 Å². The lowest BCUT2D eigenvalue weighted by atomic mass is 10.2. The van der Waals surface area contributed by atoms with E-state index in [-0.39, 0.29) is 5.05 Å². The molecule has 0 aromatic heterocycles. The van der Waals surface area contributed by atoms with Crippen LogP contribution in [-0.2, 0) is 0 Å². The van der Waals surface area contributed by atoms with E-state index in [1.54, 1.807) is 0 Å². The third-order valence-electron chi connectivity index (χ3n) is 1.05. The van der Waals surface area contributed by atoms with Crippen LogP contribution in [0, 0.1) is 0 Å². The molecule has 0 aliphatic heterocycles. The summed E-state index contributed by atoms with van der Waals surface area (Å²) >= 11 is 4.47. The van der Waals surface area contributed by atoms with E-state index in [2.05, 4.69) is 18.8 Å². The molecule has 0 bridgehead atoms. The average Bonchev–Trinajstić information content (AvgIpc) is 1.80. The first-order chi connectivity index (χ1) is 4.27. The number of unbranched alkanes of at least 4 members (excludes halogenated alkanes) is 2. The second-order valence-corrected chi connectivity index (χ2v) is 2.40. The molecule has 0 saturated carbocycles. The fourth-order valence-electron chi connectivity index (χ4n) is 0.565. The minimum atomic E-state index is 0.124. The molecule has 0 aliphatic rings. The molecule has 1 nitrogen and oxygen atoms in total. The highest BCUT2D eigenvalue weighted by Gasteiger charge is 1.89. The molecule has 0 aromatic carbocycles. The lowest BCUT2D eigenvalue weighted by Gasteiger charge is -1.93. The van der Waals surface area contributed by atoms with Crippen LogP contribution in [0.25, 0.3) is 0 Å². The van der Waals surface area contributed by atoms with Crippen molar-refractivity contribution in [1.29, 1.82) is 0 Å². The summed E-state index contributed by atoms with van der Waals surface area (Å²) < 4.78 is 0. The van der Waals surface area contributed by atoms with Gasteiger partial charge in [0.2, 0.25) is 0 Å². The molecule has 0 spiro atoms. The molecule has 0 fully saturated rings. The van der Waals surface area contributed by atoms with E-state index >= 15 is 0 Å². The number of allylic oxidation sites excluding steroid dienone is 1. The Balaban J connectivity index is 2.91. The molecule has 1 N–H and O–H groups in total. The Kier molecular flexibility index (Phi) is 5.52. The van der Waals surface area contributed by atoms with E-state index in [0.29, 0.717) is 6.42 Å². The molecule has 0 atom stereocenters. The standard InChI is InChI=1S/C7H12OS/c1-2-3-4-5-6-7(8)9/h2H,1,3-6H2,(H,8,9). The molecule has 0 aliphatic carbocycles. The van der Waals surface area contributed by atoms with Gasteiger partial charge in [-0.1, -0.05) is 6.08 Å². The average molecular weight is 144 g/mol. The lowest BCUT2D eigenvalue weighted by molar-refractivity contribution is 0.540. The second kappa shape index (κ2) is 5.76. The Labute approximate surface area is 61.4 Å². The summed E-state index contributed by atoms with van der Waals surface area (Å²) in [6.07, 6.45) is 5.60. The number of rotatable bonds is 5. The van der Waals surface area contributed by atoms with Gasteiger partial charge in [-0.05, 0) is 31.5 Å². The zero-order valence-corrected chi connectivity index (χ0v) is 6.28. The molecule has 9 heavy (non-hydrogen) atoms. The topological polar surface area (TPSA) is 20.2 Å². The zero-order valence-electron chi connectivity index (χ0n) is 5.47. The van der Waals surface area contributed by atoms with Crippen LogP contribution in [0.1, 0.15) is 25.7 Å². The summed E-state index contributed by atoms with van der Waals surface area (Å²) in [4.78, 5) is 0. The normalized spacial score (nSPS) is 8.89. The van der Waals surface area contributed by atoms with Crippen LogP contribution >= 0.6 is 12.2 Å². The monoisotopic (exact) mass is 144 g/mol. The van der Waals surface area contributed by atoms with Gasteiger partial charge >= 0.3 is 0 Å². The van der Waals surface area contributed by atoms with E-state index in [1.807, 2.05) is 6.08 Å². The van der Waals surface area contributed by atoms with Gasteiger partial charge in [-0.25, -0.2) is 0 Å². The number of thiocarbonyl (C=S) groups is 1. The Morgan fingerprint density at radius 1 is 1.56 bits per heavy atom. The summed E-state index contributed by atoms with van der Waals surface area (Å²) in [6, 6.07) is 0. The third-order valence-corrected chi connectivity index (χ3v) is 1.25. The first-order valence-corrected chi connectivity index (χ1v) is 3.51. The number of aliphatic hydroxyl groups excluding tert-OH is 1. The van der Waals surface area contributed by atoms with Crippen LogP contribution < -0.4 is 0 Å². The van der Waals surface area contributed by atoms with Gasteiger partial charge in [0, 0.05) is 6.42 Å². The van der Waals surface area contributed by atoms with Crippen molar-refractivity contribution in [3.63, 3.8) is 0 Å². The highest BCUT2D eigenvalue weighted by molar-refractivity contribution is 7.80. The maximum Gasteiger partial charge on any atom is 0.156 e. The summed E-state index contributed by atoms with van der Waals surface area (Å²) in [5, 5.41) is 8.68. The summed E-state index contributed by atoms with van der Waals surface area (Å²) in [5.41, 5.74) is 0. The molecule has 0 saturated heterocycles. The van der Waals surface area contributed by atoms with Crippen molar-refractivity contribution < 1.29 is 5.11 Å². The van der Waals surface area contributed by atoms with Gasteiger partial charge in [-0.3, -0.25) is 0 Å². The fourth-order valence-corrected chi connectivity index (χ4v) is 0.709. The van der Waals surface area contributed by atoms with Gasteiger partial charge in [-0.15, -0.1) is 6.58 Å². The molecule has 2 heteroatoms. The molecule has 0 radical (unpaired) electrons. The summed E-state index contributed by atoms with van der Waals surface area (Å²) in [5.74, 6) is 0. The van der Waals surface area contributed by atoms with E-state index in [9.17, 15) is 0 Å². The molecule has 0 heterocycles. The lowest BCUT2D eigenvalue weighted by Crippen LogP contribution is -1.89. The van der Waals surface area contributed by atoms with Crippen LogP contribution in [0.5, 0.6) is 0 Å². The van der Waals surface area contributed by atoms with Crippen LogP contribution in [-0.4, -0.2) is 10.2 Å². The first kappa shape index (κ1) is 8.63. The highest BCUT2D eigenvalue weighted by atomic mass is 32.1. The Morgan fingerprint density at radius 3 is 2.67 bits per heavy atom. The second-order valence-electron chi connectivity index (χ2n) is 1.93. The van der Waals surface area contributed by atoms with Crippen molar-refractivity contribution in [2.24, 2.45) is 0 Å². The highest BCUT2D eigenvalue weighted by Crippen LogP contribution is 1.99. The van der Waals surface area contributed by atoms with Crippen molar-refractivity contribution in [3.05, 3.63) is 12.7 Å². The van der Waals surface area contributed by atoms with Crippen molar-refractivity contribution in [1.82, 2.24) is 0 Å². The maximum atomic E-state index is 8.56. The molecule has 0 unspecified atom stereocenters. The first-order valence-electron chi connectivity index (χ1n) is 3.10. The predicted molar refractivity (Wildman–Crippen MR) is 43.9 cm³/mol. The fraction of sp³-hybridized carbons (Fsp3) is 0.571. The third kappa shape index (κ3) is 7.63. The van der Waals surface area contributed by atoms with Gasteiger partial charge in [0.15, 0.2) is 5.05 Å². The number of hydrogen-bond donors (Lipinski definition) is 1. The SMILES string of the molecule is C=CCCCCC(O)=S. The summed E-state index contributed by atoms with van der Waals surface area (Å²) in [7, 11) is 0. The molecule has 0 aromatic rings. The predicted octanol–water partition coefficient (Wildman–Crippen LogP) is 2.62. The van der Waals surface area contributed by atoms with Crippen molar-refractivity contribution in [2.75, 3.05) is 0 Å². The minimum Gasteiger partial charge on any atom is -0.502 e. The van der Waals surface area contributed by atoms with E-state index in [1.165, 1.54) is 0 Å². The molecule has 0 amide bonds. The van der Waals surface area contributed by atoms with E-state index < -0.39 is 0 Å². The van der Waals surface area contributed by atoms with Crippen LogP contribution in [0.3, 0.4) is 0 Å². The number of aliphatic hydroxyl groups is 1. The minimum absolute atomic E-state index is 0.124. The Bertz CT molecular complexity index is 99.1. The van der Waals surface area contributed by atoms with E-state index in [0.717, 1.165) is 19.3 Å². The van der Waals surface area contributed by atoms with Crippen LogP contribution in [0.2, 0.25) is 0 Å². The Morgan fingerprint density at radius 2 is 2.22 bits per heavy atom. The van der Waals surface area contributed by atoms with Gasteiger partial charge < -0.3 is 5.11 Å². The summed E-state index contributed by atoms with van der Waals surface area (Å²) in [6.45, 7) is 3.58. The smallest absolute Gasteiger partial charge is 0.156 e. The quantitative estimate of drug-likeness (QED) is 0.363. The number of hydrogen-bond acceptors (Lipinski definition) is 1. The maximum absolute atomic E-state index is 8.56. The van der Waals surface area contributed by atoms with Crippen LogP contribution in [0.15, 0.2) is 12.7 Å². The Hall–Kier alpha value is -0.370. The van der Waals surface area contributed by atoms with Crippen molar-refractivity contribution >= 4 is 17.3 Å². The molecule has 0 rings (SSSR count). The molecular weight excluding hydrogens is 132 g/mol. The van der Waals surface area contributed by atoms with Gasteiger partial charge in [-0.2, -0.15) is 0 Å². The van der Waals surface area contributed by atoms with E-state index in [4.69, 9.17) is 5.11 Å². The van der Waals surface area contributed by atoms with Crippen molar-refractivity contribution in [3.8, 4) is 0 Å². The molecular formula is C7H12OS. The van der Waals surface area contributed by atoms with Gasteiger partial charge in [0.25, 0.3) is 0 Å². The zero-order chi connectivity index (χ0) is 7.11. The largest absolute Gasteiger partial charge is 0.502 e. The van der Waals surface area contributed by atoms with Crippen LogP contribution in [0.4, 0.5) is 0 Å². The van der Waals surface area contributed by atoms with Gasteiger partial charge in [0.05, 0.1) is 0 Å². The molecule has 52 valence electrons.